The number of aryl methyl sites for hydroxylation is 1. The van der Waals surface area contributed by atoms with Crippen molar-refractivity contribution in [2.75, 3.05) is 5.32 Å². The Morgan fingerprint density at radius 1 is 1.14 bits per heavy atom. The monoisotopic (exact) mass is 292 g/mol. The number of rotatable bonds is 4. The Hall–Kier alpha value is -2.95. The Kier molecular flexibility index (Phi) is 3.96. The number of hydrogen-bond acceptors (Lipinski definition) is 3. The van der Waals surface area contributed by atoms with Gasteiger partial charge in [-0.1, -0.05) is 42.5 Å². The molecule has 2 N–H and O–H groups in total. The summed E-state index contributed by atoms with van der Waals surface area (Å²) in [6.45, 7) is 1.98. The quantitative estimate of drug-likeness (QED) is 0.776. The molecule has 5 heteroatoms. The molecule has 0 unspecified atom stereocenters. The average Bonchev–Trinajstić information content (AvgIpc) is 2.96. The van der Waals surface area contributed by atoms with Crippen LogP contribution >= 0.6 is 0 Å². The van der Waals surface area contributed by atoms with E-state index in [0.29, 0.717) is 11.6 Å². The lowest BCUT2D eigenvalue weighted by molar-refractivity contribution is -0.115. The van der Waals surface area contributed by atoms with Gasteiger partial charge in [-0.25, -0.2) is 4.98 Å². The molecule has 2 aromatic carbocycles. The van der Waals surface area contributed by atoms with E-state index in [0.717, 1.165) is 16.8 Å². The Labute approximate surface area is 128 Å². The summed E-state index contributed by atoms with van der Waals surface area (Å²) in [6.07, 6.45) is 0.160. The third-order valence-electron chi connectivity index (χ3n) is 3.19. The first-order valence-electron chi connectivity index (χ1n) is 7.04. The van der Waals surface area contributed by atoms with Gasteiger partial charge < -0.3 is 5.32 Å². The third-order valence-corrected chi connectivity index (χ3v) is 3.19. The summed E-state index contributed by atoms with van der Waals surface area (Å²) < 4.78 is 0. The molecule has 0 atom stereocenters. The number of hydrogen-bond donors (Lipinski definition) is 2. The van der Waals surface area contributed by atoms with Crippen molar-refractivity contribution in [2.24, 2.45) is 0 Å². The van der Waals surface area contributed by atoms with Gasteiger partial charge in [0.15, 0.2) is 5.82 Å². The Balaban J connectivity index is 1.66. The second kappa shape index (κ2) is 6.22. The molecule has 1 amide bonds. The second-order valence-corrected chi connectivity index (χ2v) is 5.07. The molecular weight excluding hydrogens is 276 g/mol. The molecule has 0 aliphatic carbocycles. The van der Waals surface area contributed by atoms with E-state index in [-0.39, 0.29) is 12.3 Å². The van der Waals surface area contributed by atoms with Crippen LogP contribution in [0.15, 0.2) is 54.6 Å². The van der Waals surface area contributed by atoms with Crippen molar-refractivity contribution in [2.45, 2.75) is 13.3 Å². The molecule has 3 aromatic rings. The molecule has 0 radical (unpaired) electrons. The maximum Gasteiger partial charge on any atom is 0.232 e. The van der Waals surface area contributed by atoms with Crippen LogP contribution in [-0.2, 0) is 11.2 Å². The second-order valence-electron chi connectivity index (χ2n) is 5.07. The van der Waals surface area contributed by atoms with Gasteiger partial charge in [-0.05, 0) is 24.6 Å². The maximum absolute atomic E-state index is 12.0. The molecule has 3 rings (SSSR count). The Morgan fingerprint density at radius 2 is 1.95 bits per heavy atom. The van der Waals surface area contributed by atoms with Gasteiger partial charge in [-0.15, -0.1) is 0 Å². The third kappa shape index (κ3) is 3.38. The highest BCUT2D eigenvalue weighted by Gasteiger charge is 2.10. The normalized spacial score (nSPS) is 10.4. The highest BCUT2D eigenvalue weighted by atomic mass is 16.1. The van der Waals surface area contributed by atoms with Crippen LogP contribution in [0, 0.1) is 6.92 Å². The van der Waals surface area contributed by atoms with Gasteiger partial charge in [-0.2, -0.15) is 5.10 Å². The summed E-state index contributed by atoms with van der Waals surface area (Å²) >= 11 is 0. The van der Waals surface area contributed by atoms with Crippen molar-refractivity contribution in [1.29, 1.82) is 0 Å². The smallest absolute Gasteiger partial charge is 0.232 e. The van der Waals surface area contributed by atoms with Crippen molar-refractivity contribution in [3.05, 3.63) is 66.0 Å². The van der Waals surface area contributed by atoms with Crippen molar-refractivity contribution in [3.63, 3.8) is 0 Å². The van der Waals surface area contributed by atoms with Gasteiger partial charge in [0.25, 0.3) is 0 Å². The zero-order valence-corrected chi connectivity index (χ0v) is 12.2. The zero-order valence-electron chi connectivity index (χ0n) is 12.2. The lowest BCUT2D eigenvalue weighted by Crippen LogP contribution is -2.15. The van der Waals surface area contributed by atoms with Crippen molar-refractivity contribution >= 4 is 11.6 Å². The van der Waals surface area contributed by atoms with Gasteiger partial charge in [-0.3, -0.25) is 9.89 Å². The molecule has 0 saturated heterocycles. The molecule has 1 heterocycles. The Morgan fingerprint density at radius 3 is 2.73 bits per heavy atom. The molecular formula is C17H16N4O. The van der Waals surface area contributed by atoms with Crippen LogP contribution in [0.3, 0.4) is 0 Å². The van der Waals surface area contributed by atoms with E-state index in [1.165, 1.54) is 0 Å². The first-order chi connectivity index (χ1) is 10.7. The fraction of sp³-hybridized carbons (Fsp3) is 0.118. The highest BCUT2D eigenvalue weighted by molar-refractivity contribution is 5.91. The summed E-state index contributed by atoms with van der Waals surface area (Å²) in [4.78, 5) is 16.4. The van der Waals surface area contributed by atoms with Crippen LogP contribution < -0.4 is 5.32 Å². The van der Waals surface area contributed by atoms with E-state index in [9.17, 15) is 4.79 Å². The standard InChI is InChI=1S/C17H16N4O/c1-12-6-5-9-14(10-12)18-16(22)11-15-19-17(21-20-15)13-7-3-2-4-8-13/h2-10H,11H2,1H3,(H,18,22)(H,19,20,21). The fourth-order valence-corrected chi connectivity index (χ4v) is 2.17. The number of aromatic amines is 1. The topological polar surface area (TPSA) is 70.7 Å². The van der Waals surface area contributed by atoms with Gasteiger partial charge in [0.1, 0.15) is 5.82 Å². The molecule has 110 valence electrons. The minimum absolute atomic E-state index is 0.124. The fourth-order valence-electron chi connectivity index (χ4n) is 2.17. The minimum Gasteiger partial charge on any atom is -0.326 e. The number of carbonyl (C=O) groups excluding carboxylic acids is 1. The number of benzene rings is 2. The van der Waals surface area contributed by atoms with E-state index >= 15 is 0 Å². The lowest BCUT2D eigenvalue weighted by atomic mass is 10.2. The average molecular weight is 292 g/mol. The van der Waals surface area contributed by atoms with Crippen LogP contribution in [0.2, 0.25) is 0 Å². The largest absolute Gasteiger partial charge is 0.326 e. The van der Waals surface area contributed by atoms with Crippen molar-refractivity contribution in [3.8, 4) is 11.4 Å². The predicted octanol–water partition coefficient (Wildman–Crippen LogP) is 2.96. The minimum atomic E-state index is -0.124. The first kappa shape index (κ1) is 14.0. The van der Waals surface area contributed by atoms with Gasteiger partial charge in [0.05, 0.1) is 6.42 Å². The number of nitrogens with one attached hydrogen (secondary N) is 2. The molecule has 0 bridgehead atoms. The molecule has 0 saturated carbocycles. The lowest BCUT2D eigenvalue weighted by Gasteiger charge is -2.04. The van der Waals surface area contributed by atoms with Crippen LogP contribution in [0.1, 0.15) is 11.4 Å². The van der Waals surface area contributed by atoms with E-state index < -0.39 is 0 Å². The maximum atomic E-state index is 12.0. The summed E-state index contributed by atoms with van der Waals surface area (Å²) in [5, 5.41) is 9.81. The number of aromatic nitrogens is 3. The van der Waals surface area contributed by atoms with E-state index in [1.54, 1.807) is 0 Å². The van der Waals surface area contributed by atoms with E-state index in [1.807, 2.05) is 61.5 Å². The summed E-state index contributed by atoms with van der Waals surface area (Å²) in [7, 11) is 0. The van der Waals surface area contributed by atoms with Crippen molar-refractivity contribution < 1.29 is 4.79 Å². The SMILES string of the molecule is Cc1cccc(NC(=O)Cc2nc(-c3ccccc3)n[nH]2)c1. The van der Waals surface area contributed by atoms with E-state index in [2.05, 4.69) is 20.5 Å². The number of carbonyl (C=O) groups is 1. The first-order valence-corrected chi connectivity index (χ1v) is 7.04. The van der Waals surface area contributed by atoms with Gasteiger partial charge in [0.2, 0.25) is 5.91 Å². The van der Waals surface area contributed by atoms with Gasteiger partial charge >= 0.3 is 0 Å². The van der Waals surface area contributed by atoms with Crippen LogP contribution in [0.5, 0.6) is 0 Å². The van der Waals surface area contributed by atoms with Crippen molar-refractivity contribution in [1.82, 2.24) is 15.2 Å². The summed E-state index contributed by atoms with van der Waals surface area (Å²) in [6, 6.07) is 17.3. The summed E-state index contributed by atoms with van der Waals surface area (Å²) in [5.74, 6) is 1.02. The van der Waals surface area contributed by atoms with E-state index in [4.69, 9.17) is 0 Å². The number of amides is 1. The molecule has 0 fully saturated rings. The molecule has 0 spiro atoms. The molecule has 22 heavy (non-hydrogen) atoms. The molecule has 0 aliphatic heterocycles. The van der Waals surface area contributed by atoms with Crippen LogP contribution in [0.4, 0.5) is 5.69 Å². The Bertz CT molecular complexity index is 780. The van der Waals surface area contributed by atoms with Crippen LogP contribution in [-0.4, -0.2) is 21.1 Å². The van der Waals surface area contributed by atoms with Crippen LogP contribution in [0.25, 0.3) is 11.4 Å². The molecule has 0 aliphatic rings. The predicted molar refractivity (Wildman–Crippen MR) is 85.3 cm³/mol. The zero-order chi connectivity index (χ0) is 15.4. The molecule has 5 nitrogen and oxygen atoms in total. The highest BCUT2D eigenvalue weighted by Crippen LogP contribution is 2.14. The number of nitrogens with zero attached hydrogens (tertiary/aromatic N) is 2. The number of anilines is 1. The number of H-pyrrole nitrogens is 1. The summed E-state index contributed by atoms with van der Waals surface area (Å²) in [5.41, 5.74) is 2.81. The molecule has 1 aromatic heterocycles. The van der Waals surface area contributed by atoms with Gasteiger partial charge in [0, 0.05) is 11.3 Å².